The molecular formula is C19H22N2O2. The van der Waals surface area contributed by atoms with Gasteiger partial charge in [-0.25, -0.2) is 0 Å². The van der Waals surface area contributed by atoms with E-state index in [4.69, 9.17) is 0 Å². The van der Waals surface area contributed by atoms with Gasteiger partial charge in [-0.1, -0.05) is 6.07 Å². The van der Waals surface area contributed by atoms with Crippen molar-refractivity contribution in [2.45, 2.75) is 33.7 Å². The van der Waals surface area contributed by atoms with E-state index in [1.54, 1.807) is 24.3 Å². The summed E-state index contributed by atoms with van der Waals surface area (Å²) < 4.78 is 0. The third-order valence-electron chi connectivity index (χ3n) is 3.84. The van der Waals surface area contributed by atoms with Gasteiger partial charge in [-0.2, -0.15) is 0 Å². The summed E-state index contributed by atoms with van der Waals surface area (Å²) in [5.41, 5.74) is 4.63. The van der Waals surface area contributed by atoms with Crippen molar-refractivity contribution in [2.24, 2.45) is 0 Å². The molecule has 0 aliphatic rings. The Morgan fingerprint density at radius 1 is 0.913 bits per heavy atom. The minimum Gasteiger partial charge on any atom is -0.374 e. The fraction of sp³-hybridized carbons (Fsp3) is 0.263. The highest BCUT2D eigenvalue weighted by molar-refractivity contribution is 5.97. The number of hydrogen-bond donors (Lipinski definition) is 2. The van der Waals surface area contributed by atoms with Gasteiger partial charge in [0.1, 0.15) is 6.04 Å². The molecule has 0 fully saturated rings. The lowest BCUT2D eigenvalue weighted by Gasteiger charge is -2.16. The fourth-order valence-corrected chi connectivity index (χ4v) is 2.19. The van der Waals surface area contributed by atoms with Crippen molar-refractivity contribution >= 4 is 23.1 Å². The number of carbonyl (C=O) groups is 2. The number of carbonyl (C=O) groups excluding carboxylic acids is 2. The Balaban J connectivity index is 1.99. The Bertz CT molecular complexity index is 721. The molecule has 2 rings (SSSR count). The van der Waals surface area contributed by atoms with Crippen LogP contribution in [-0.2, 0) is 4.79 Å². The van der Waals surface area contributed by atoms with Gasteiger partial charge in [0.25, 0.3) is 0 Å². The standard InChI is InChI=1S/C19H22N2O2/c1-12-5-8-18(11-13(12)2)20-14(3)19(23)21-17-9-6-16(7-10-17)15(4)22/h5-11,14,20H,1-4H3,(H,21,23)/t14-/m1/s1. The molecule has 1 atom stereocenters. The molecule has 0 aromatic heterocycles. The van der Waals surface area contributed by atoms with Crippen molar-refractivity contribution in [2.75, 3.05) is 10.6 Å². The summed E-state index contributed by atoms with van der Waals surface area (Å²) in [5.74, 6) is -0.119. The summed E-state index contributed by atoms with van der Waals surface area (Å²) in [6, 6.07) is 12.5. The molecule has 2 aromatic carbocycles. The fourth-order valence-electron chi connectivity index (χ4n) is 2.19. The Morgan fingerprint density at radius 3 is 2.09 bits per heavy atom. The average molecular weight is 310 g/mol. The highest BCUT2D eigenvalue weighted by Gasteiger charge is 2.13. The monoisotopic (exact) mass is 310 g/mol. The molecule has 4 nitrogen and oxygen atoms in total. The second kappa shape index (κ2) is 7.09. The van der Waals surface area contributed by atoms with Crippen molar-refractivity contribution in [1.29, 1.82) is 0 Å². The largest absolute Gasteiger partial charge is 0.374 e. The topological polar surface area (TPSA) is 58.2 Å². The van der Waals surface area contributed by atoms with Crippen LogP contribution in [0.25, 0.3) is 0 Å². The van der Waals surface area contributed by atoms with E-state index in [-0.39, 0.29) is 17.7 Å². The van der Waals surface area contributed by atoms with Crippen LogP contribution in [0.4, 0.5) is 11.4 Å². The summed E-state index contributed by atoms with van der Waals surface area (Å²) in [7, 11) is 0. The summed E-state index contributed by atoms with van der Waals surface area (Å²) in [5, 5.41) is 6.03. The van der Waals surface area contributed by atoms with Gasteiger partial charge in [-0.05, 0) is 75.2 Å². The van der Waals surface area contributed by atoms with Gasteiger partial charge in [-0.15, -0.1) is 0 Å². The molecule has 4 heteroatoms. The molecule has 0 saturated carbocycles. The van der Waals surface area contributed by atoms with E-state index < -0.39 is 0 Å². The van der Waals surface area contributed by atoms with Crippen molar-refractivity contribution in [3.8, 4) is 0 Å². The van der Waals surface area contributed by atoms with Crippen molar-refractivity contribution in [1.82, 2.24) is 0 Å². The molecule has 2 aromatic rings. The second-order valence-electron chi connectivity index (χ2n) is 5.79. The van der Waals surface area contributed by atoms with E-state index in [0.717, 1.165) is 5.69 Å². The van der Waals surface area contributed by atoms with E-state index in [2.05, 4.69) is 17.6 Å². The van der Waals surface area contributed by atoms with E-state index in [9.17, 15) is 9.59 Å². The smallest absolute Gasteiger partial charge is 0.246 e. The number of amides is 1. The number of nitrogens with one attached hydrogen (secondary N) is 2. The summed E-state index contributed by atoms with van der Waals surface area (Å²) in [4.78, 5) is 23.5. The van der Waals surface area contributed by atoms with Crippen LogP contribution in [0, 0.1) is 13.8 Å². The van der Waals surface area contributed by atoms with Crippen LogP contribution < -0.4 is 10.6 Å². The van der Waals surface area contributed by atoms with E-state index >= 15 is 0 Å². The average Bonchev–Trinajstić information content (AvgIpc) is 2.51. The SMILES string of the molecule is CC(=O)c1ccc(NC(=O)[C@@H](C)Nc2ccc(C)c(C)c2)cc1. The molecule has 0 unspecified atom stereocenters. The number of ketones is 1. The van der Waals surface area contributed by atoms with Crippen LogP contribution in [0.2, 0.25) is 0 Å². The van der Waals surface area contributed by atoms with E-state index in [1.807, 2.05) is 32.0 Å². The Morgan fingerprint density at radius 2 is 1.52 bits per heavy atom. The Labute approximate surface area is 136 Å². The third-order valence-corrected chi connectivity index (χ3v) is 3.84. The number of hydrogen-bond acceptors (Lipinski definition) is 3. The van der Waals surface area contributed by atoms with Crippen LogP contribution in [0.15, 0.2) is 42.5 Å². The van der Waals surface area contributed by atoms with Crippen molar-refractivity contribution in [3.63, 3.8) is 0 Å². The molecule has 0 aliphatic carbocycles. The van der Waals surface area contributed by atoms with Gasteiger partial charge in [-0.3, -0.25) is 9.59 Å². The predicted octanol–water partition coefficient (Wildman–Crippen LogP) is 3.95. The molecule has 0 bridgehead atoms. The molecule has 1 amide bonds. The minimum absolute atomic E-state index is 0.00709. The van der Waals surface area contributed by atoms with E-state index in [1.165, 1.54) is 18.1 Å². The van der Waals surface area contributed by atoms with Gasteiger partial charge in [0.05, 0.1) is 0 Å². The summed E-state index contributed by atoms with van der Waals surface area (Å²) in [6.07, 6.45) is 0. The van der Waals surface area contributed by atoms with Gasteiger partial charge in [0, 0.05) is 16.9 Å². The molecule has 2 N–H and O–H groups in total. The molecule has 0 aliphatic heterocycles. The maximum absolute atomic E-state index is 12.2. The molecule has 0 saturated heterocycles. The number of rotatable bonds is 5. The number of aryl methyl sites for hydroxylation is 2. The maximum Gasteiger partial charge on any atom is 0.246 e. The highest BCUT2D eigenvalue weighted by atomic mass is 16.2. The Hall–Kier alpha value is -2.62. The zero-order valence-electron chi connectivity index (χ0n) is 13.9. The van der Waals surface area contributed by atoms with Gasteiger partial charge in [0.15, 0.2) is 5.78 Å². The van der Waals surface area contributed by atoms with Crippen LogP contribution in [-0.4, -0.2) is 17.7 Å². The third kappa shape index (κ3) is 4.42. The lowest BCUT2D eigenvalue weighted by Crippen LogP contribution is -2.31. The molecule has 0 radical (unpaired) electrons. The molecule has 120 valence electrons. The van der Waals surface area contributed by atoms with Gasteiger partial charge >= 0.3 is 0 Å². The summed E-state index contributed by atoms with van der Waals surface area (Å²) in [6.45, 7) is 7.43. The van der Waals surface area contributed by atoms with Gasteiger partial charge < -0.3 is 10.6 Å². The van der Waals surface area contributed by atoms with Gasteiger partial charge in [0.2, 0.25) is 5.91 Å². The molecule has 0 heterocycles. The normalized spacial score (nSPS) is 11.7. The first-order chi connectivity index (χ1) is 10.9. The number of benzene rings is 2. The number of anilines is 2. The highest BCUT2D eigenvalue weighted by Crippen LogP contribution is 2.16. The molecular weight excluding hydrogens is 288 g/mol. The first kappa shape index (κ1) is 16.7. The first-order valence-electron chi connectivity index (χ1n) is 7.62. The maximum atomic E-state index is 12.2. The van der Waals surface area contributed by atoms with Crippen molar-refractivity contribution < 1.29 is 9.59 Å². The lowest BCUT2D eigenvalue weighted by molar-refractivity contribution is -0.116. The van der Waals surface area contributed by atoms with Crippen LogP contribution >= 0.6 is 0 Å². The second-order valence-corrected chi connectivity index (χ2v) is 5.79. The summed E-state index contributed by atoms with van der Waals surface area (Å²) >= 11 is 0. The Kier molecular flexibility index (Phi) is 5.16. The van der Waals surface area contributed by atoms with Crippen LogP contribution in [0.3, 0.4) is 0 Å². The predicted molar refractivity (Wildman–Crippen MR) is 94.1 cm³/mol. The zero-order chi connectivity index (χ0) is 17.0. The van der Waals surface area contributed by atoms with Crippen LogP contribution in [0.1, 0.15) is 35.3 Å². The quantitative estimate of drug-likeness (QED) is 0.822. The van der Waals surface area contributed by atoms with E-state index in [0.29, 0.717) is 11.3 Å². The lowest BCUT2D eigenvalue weighted by atomic mass is 10.1. The first-order valence-corrected chi connectivity index (χ1v) is 7.62. The van der Waals surface area contributed by atoms with Crippen LogP contribution in [0.5, 0.6) is 0 Å². The zero-order valence-corrected chi connectivity index (χ0v) is 13.9. The van der Waals surface area contributed by atoms with Crippen molar-refractivity contribution in [3.05, 3.63) is 59.2 Å². The number of Topliss-reactive ketones (excluding diaryl/α,β-unsaturated/α-hetero) is 1. The molecule has 23 heavy (non-hydrogen) atoms. The molecule has 0 spiro atoms. The minimum atomic E-state index is -0.371.